The van der Waals surface area contributed by atoms with Crippen LogP contribution in [-0.4, -0.2) is 5.97 Å². The average molecular weight is 299 g/mol. The van der Waals surface area contributed by atoms with Crippen LogP contribution < -0.4 is 39.4 Å². The fourth-order valence-corrected chi connectivity index (χ4v) is 1.79. The maximum absolute atomic E-state index is 10.6. The molecular formula is C15H12ClNaO3. The van der Waals surface area contributed by atoms with Crippen LogP contribution in [0.5, 0.6) is 5.75 Å². The fraction of sp³-hybridized carbons (Fsp3) is 0.133. The molecule has 0 unspecified atom stereocenters. The van der Waals surface area contributed by atoms with Crippen molar-refractivity contribution in [2.75, 3.05) is 0 Å². The zero-order valence-electron chi connectivity index (χ0n) is 11.4. The summed E-state index contributed by atoms with van der Waals surface area (Å²) in [6.07, 6.45) is 0. The number of halogens is 1. The van der Waals surface area contributed by atoms with Gasteiger partial charge in [0.05, 0.1) is 11.0 Å². The predicted octanol–water partition coefficient (Wildman–Crippen LogP) is -0.405. The van der Waals surface area contributed by atoms with Crippen LogP contribution in [0, 0.1) is 6.92 Å². The molecule has 0 heterocycles. The number of ether oxygens (including phenoxy) is 1. The van der Waals surface area contributed by atoms with Gasteiger partial charge in [-0.25, -0.2) is 0 Å². The molecule has 98 valence electrons. The Hall–Kier alpha value is -1.000. The van der Waals surface area contributed by atoms with E-state index in [1.54, 1.807) is 18.2 Å². The van der Waals surface area contributed by atoms with Gasteiger partial charge in [-0.1, -0.05) is 41.9 Å². The summed E-state index contributed by atoms with van der Waals surface area (Å²) in [4.78, 5) is 10.6. The van der Waals surface area contributed by atoms with Crippen molar-refractivity contribution in [3.63, 3.8) is 0 Å². The van der Waals surface area contributed by atoms with Crippen molar-refractivity contribution in [3.8, 4) is 5.75 Å². The summed E-state index contributed by atoms with van der Waals surface area (Å²) in [5, 5.41) is 11.2. The molecule has 0 aliphatic rings. The minimum atomic E-state index is -1.19. The summed E-state index contributed by atoms with van der Waals surface area (Å²) in [5.41, 5.74) is 2.08. The van der Waals surface area contributed by atoms with Crippen molar-refractivity contribution in [1.82, 2.24) is 0 Å². The van der Waals surface area contributed by atoms with E-state index in [0.29, 0.717) is 17.4 Å². The third-order valence-electron chi connectivity index (χ3n) is 2.67. The summed E-state index contributed by atoms with van der Waals surface area (Å²) < 4.78 is 5.61. The first-order valence-electron chi connectivity index (χ1n) is 5.75. The second-order valence-electron chi connectivity index (χ2n) is 4.21. The van der Waals surface area contributed by atoms with E-state index in [1.165, 1.54) is 12.1 Å². The summed E-state index contributed by atoms with van der Waals surface area (Å²) in [6, 6.07) is 11.9. The number of hydrogen-bond acceptors (Lipinski definition) is 3. The molecule has 0 fully saturated rings. The molecule has 0 radical (unpaired) electrons. The number of carbonyl (C=O) groups is 1. The molecule has 3 nitrogen and oxygen atoms in total. The summed E-state index contributed by atoms with van der Waals surface area (Å²) in [7, 11) is 0. The standard InChI is InChI=1S/C15H13ClO3.Na/c1-10-2-7-13(16)14(8-10)19-9-11-3-5-12(6-4-11)15(17)18;/h2-8H,9H2,1H3,(H,17,18);/q;+1/p-1. The molecule has 2 aromatic rings. The Balaban J connectivity index is 0.00000200. The minimum absolute atomic E-state index is 0. The van der Waals surface area contributed by atoms with E-state index in [-0.39, 0.29) is 35.1 Å². The van der Waals surface area contributed by atoms with Crippen LogP contribution in [0.1, 0.15) is 21.5 Å². The third kappa shape index (κ3) is 4.53. The summed E-state index contributed by atoms with van der Waals surface area (Å²) in [6.45, 7) is 2.29. The van der Waals surface area contributed by atoms with E-state index >= 15 is 0 Å². The first-order chi connectivity index (χ1) is 9.06. The Labute approximate surface area is 144 Å². The van der Waals surface area contributed by atoms with Crippen molar-refractivity contribution in [2.45, 2.75) is 13.5 Å². The summed E-state index contributed by atoms with van der Waals surface area (Å²) >= 11 is 6.02. The Morgan fingerprint density at radius 2 is 1.85 bits per heavy atom. The quantitative estimate of drug-likeness (QED) is 0.722. The predicted molar refractivity (Wildman–Crippen MR) is 71.3 cm³/mol. The van der Waals surface area contributed by atoms with Gasteiger partial charge in [0.25, 0.3) is 0 Å². The maximum atomic E-state index is 10.6. The van der Waals surface area contributed by atoms with E-state index in [1.807, 2.05) is 19.1 Å². The Morgan fingerprint density at radius 1 is 1.20 bits per heavy atom. The van der Waals surface area contributed by atoms with Crippen molar-refractivity contribution in [2.24, 2.45) is 0 Å². The minimum Gasteiger partial charge on any atom is -0.545 e. The number of aromatic carboxylic acids is 1. The van der Waals surface area contributed by atoms with E-state index in [4.69, 9.17) is 16.3 Å². The normalized spacial score (nSPS) is 9.70. The van der Waals surface area contributed by atoms with Gasteiger partial charge in [-0.15, -0.1) is 0 Å². The number of aryl methyl sites for hydroxylation is 1. The second-order valence-corrected chi connectivity index (χ2v) is 4.61. The third-order valence-corrected chi connectivity index (χ3v) is 2.98. The molecule has 0 atom stereocenters. The van der Waals surface area contributed by atoms with Gasteiger partial charge in [-0.05, 0) is 35.7 Å². The maximum Gasteiger partial charge on any atom is 1.00 e. The fourth-order valence-electron chi connectivity index (χ4n) is 1.62. The molecule has 0 aliphatic carbocycles. The van der Waals surface area contributed by atoms with Crippen LogP contribution in [0.25, 0.3) is 0 Å². The van der Waals surface area contributed by atoms with E-state index in [9.17, 15) is 9.90 Å². The Morgan fingerprint density at radius 3 is 2.45 bits per heavy atom. The van der Waals surface area contributed by atoms with Crippen LogP contribution in [0.15, 0.2) is 42.5 Å². The Bertz CT molecular complexity index is 597. The van der Waals surface area contributed by atoms with Gasteiger partial charge in [0.15, 0.2) is 0 Å². The molecule has 0 N–H and O–H groups in total. The van der Waals surface area contributed by atoms with Crippen molar-refractivity contribution < 1.29 is 44.2 Å². The number of carbonyl (C=O) groups excluding carboxylic acids is 1. The van der Waals surface area contributed by atoms with Gasteiger partial charge < -0.3 is 14.6 Å². The van der Waals surface area contributed by atoms with Crippen LogP contribution in [0.2, 0.25) is 5.02 Å². The van der Waals surface area contributed by atoms with Gasteiger partial charge >= 0.3 is 29.6 Å². The largest absolute Gasteiger partial charge is 1.00 e. The molecule has 20 heavy (non-hydrogen) atoms. The molecule has 0 spiro atoms. The number of rotatable bonds is 4. The number of hydrogen-bond donors (Lipinski definition) is 0. The van der Waals surface area contributed by atoms with E-state index in [2.05, 4.69) is 0 Å². The molecule has 0 aliphatic heterocycles. The van der Waals surface area contributed by atoms with Crippen molar-refractivity contribution in [1.29, 1.82) is 0 Å². The van der Waals surface area contributed by atoms with Crippen LogP contribution in [-0.2, 0) is 6.61 Å². The SMILES string of the molecule is Cc1ccc(Cl)c(OCc2ccc(C(=O)[O-])cc2)c1.[Na+]. The monoisotopic (exact) mass is 298 g/mol. The van der Waals surface area contributed by atoms with Crippen molar-refractivity contribution in [3.05, 3.63) is 64.2 Å². The van der Waals surface area contributed by atoms with Gasteiger partial charge in [-0.2, -0.15) is 0 Å². The molecule has 2 aromatic carbocycles. The van der Waals surface area contributed by atoms with Crippen LogP contribution in [0.4, 0.5) is 0 Å². The Kier molecular flexibility index (Phi) is 6.56. The van der Waals surface area contributed by atoms with Gasteiger partial charge in [0.1, 0.15) is 12.4 Å². The second kappa shape index (κ2) is 7.70. The van der Waals surface area contributed by atoms with Crippen LogP contribution >= 0.6 is 11.6 Å². The van der Waals surface area contributed by atoms with Gasteiger partial charge in [-0.3, -0.25) is 0 Å². The van der Waals surface area contributed by atoms with Gasteiger partial charge in [0, 0.05) is 0 Å². The molecule has 0 amide bonds. The summed E-state index contributed by atoms with van der Waals surface area (Å²) in [5.74, 6) is -0.570. The number of carboxylic acids is 1. The number of benzene rings is 2. The average Bonchev–Trinajstić information content (AvgIpc) is 2.40. The van der Waals surface area contributed by atoms with E-state index < -0.39 is 5.97 Å². The number of carboxylic acid groups (broad SMARTS) is 1. The molecule has 5 heteroatoms. The zero-order valence-corrected chi connectivity index (χ0v) is 14.1. The molecule has 0 saturated carbocycles. The first-order valence-corrected chi connectivity index (χ1v) is 6.13. The molecule has 2 rings (SSSR count). The first kappa shape index (κ1) is 17.1. The molecule has 0 aromatic heterocycles. The molecule has 0 saturated heterocycles. The zero-order chi connectivity index (χ0) is 13.8. The van der Waals surface area contributed by atoms with Gasteiger partial charge in [0.2, 0.25) is 0 Å². The van der Waals surface area contributed by atoms with Crippen LogP contribution in [0.3, 0.4) is 0 Å². The van der Waals surface area contributed by atoms with Crippen molar-refractivity contribution >= 4 is 17.6 Å². The molecule has 0 bridgehead atoms. The van der Waals surface area contributed by atoms with E-state index in [0.717, 1.165) is 11.1 Å². The topological polar surface area (TPSA) is 49.4 Å². The molecular weight excluding hydrogens is 287 g/mol. The smallest absolute Gasteiger partial charge is 0.545 e.